The first kappa shape index (κ1) is 23.1. The minimum atomic E-state index is -0.762. The zero-order chi connectivity index (χ0) is 22.2. The third-order valence-corrected chi connectivity index (χ3v) is 5.45. The number of hydrogen-bond acceptors (Lipinski definition) is 6. The van der Waals surface area contributed by atoms with Crippen LogP contribution in [0, 0.1) is 17.8 Å². The summed E-state index contributed by atoms with van der Waals surface area (Å²) in [5, 5.41) is 21.1. The lowest BCUT2D eigenvalue weighted by Crippen LogP contribution is -2.39. The van der Waals surface area contributed by atoms with Crippen LogP contribution < -0.4 is 0 Å². The lowest BCUT2D eigenvalue weighted by atomic mass is 9.91. The van der Waals surface area contributed by atoms with Crippen LogP contribution in [-0.4, -0.2) is 64.9 Å². The maximum absolute atomic E-state index is 11.6. The molecule has 2 N–H and O–H groups in total. The molecule has 0 bridgehead atoms. The molecule has 2 aromatic rings. The molecular weight excluding hydrogens is 392 g/mol. The third kappa shape index (κ3) is 6.23. The van der Waals surface area contributed by atoms with Gasteiger partial charge in [0.15, 0.2) is 0 Å². The van der Waals surface area contributed by atoms with Gasteiger partial charge in [0.2, 0.25) is 0 Å². The van der Waals surface area contributed by atoms with Crippen molar-refractivity contribution in [3.05, 3.63) is 71.3 Å². The van der Waals surface area contributed by atoms with Crippen molar-refractivity contribution in [2.24, 2.45) is 5.92 Å². The van der Waals surface area contributed by atoms with Gasteiger partial charge in [-0.2, -0.15) is 5.06 Å². The summed E-state index contributed by atoms with van der Waals surface area (Å²) in [5.74, 6) is 5.94. The second-order valence-electron chi connectivity index (χ2n) is 8.01. The average molecular weight is 423 g/mol. The van der Waals surface area contributed by atoms with Gasteiger partial charge >= 0.3 is 0 Å². The van der Waals surface area contributed by atoms with Crippen molar-refractivity contribution >= 4 is 6.29 Å². The number of aliphatic hydroxyl groups excluding tert-OH is 2. The Kier molecular flexibility index (Phi) is 8.35. The van der Waals surface area contributed by atoms with Crippen LogP contribution in [-0.2, 0) is 22.7 Å². The fraction of sp³-hybridized carbons (Fsp3) is 0.400. The van der Waals surface area contributed by atoms with Gasteiger partial charge < -0.3 is 15.0 Å². The first-order chi connectivity index (χ1) is 15.0. The van der Waals surface area contributed by atoms with Crippen molar-refractivity contribution < 1.29 is 19.8 Å². The van der Waals surface area contributed by atoms with Crippen LogP contribution >= 0.6 is 0 Å². The SMILES string of the molecule is C[C@@H](O)[C@H]1[C@@H](CO)ON(Cc2cccc(C#CCN(C)Cc3ccccc3)c2)[C@H]1C=O. The molecule has 1 heterocycles. The van der Waals surface area contributed by atoms with Gasteiger partial charge in [-0.25, -0.2) is 0 Å². The number of benzene rings is 2. The molecule has 6 heteroatoms. The molecule has 31 heavy (non-hydrogen) atoms. The highest BCUT2D eigenvalue weighted by atomic mass is 16.7. The first-order valence-corrected chi connectivity index (χ1v) is 10.5. The van der Waals surface area contributed by atoms with Crippen LogP contribution in [0.4, 0.5) is 0 Å². The van der Waals surface area contributed by atoms with Crippen molar-refractivity contribution in [1.82, 2.24) is 9.96 Å². The number of carbonyl (C=O) groups excluding carboxylic acids is 1. The fourth-order valence-corrected chi connectivity index (χ4v) is 3.93. The van der Waals surface area contributed by atoms with Crippen molar-refractivity contribution in [1.29, 1.82) is 0 Å². The molecule has 3 rings (SSSR count). The molecule has 164 valence electrons. The van der Waals surface area contributed by atoms with Gasteiger partial charge in [-0.15, -0.1) is 0 Å². The van der Waals surface area contributed by atoms with Crippen LogP contribution in [0.2, 0.25) is 0 Å². The summed E-state index contributed by atoms with van der Waals surface area (Å²) in [4.78, 5) is 19.6. The molecule has 0 amide bonds. The Balaban J connectivity index is 1.62. The van der Waals surface area contributed by atoms with Gasteiger partial charge in [0.05, 0.1) is 25.3 Å². The van der Waals surface area contributed by atoms with Gasteiger partial charge in [0.1, 0.15) is 12.4 Å². The predicted molar refractivity (Wildman–Crippen MR) is 119 cm³/mol. The minimum Gasteiger partial charge on any atom is -0.394 e. The second kappa shape index (κ2) is 11.2. The van der Waals surface area contributed by atoms with Crippen molar-refractivity contribution in [2.75, 3.05) is 20.2 Å². The molecule has 0 spiro atoms. The highest BCUT2D eigenvalue weighted by molar-refractivity contribution is 5.59. The predicted octanol–water partition coefficient (Wildman–Crippen LogP) is 1.84. The highest BCUT2D eigenvalue weighted by Crippen LogP contribution is 2.30. The van der Waals surface area contributed by atoms with E-state index in [1.807, 2.05) is 49.5 Å². The number of nitrogens with zero attached hydrogens (tertiary/aromatic N) is 2. The molecule has 1 aliphatic heterocycles. The monoisotopic (exact) mass is 422 g/mol. The third-order valence-electron chi connectivity index (χ3n) is 5.45. The van der Waals surface area contributed by atoms with Gasteiger partial charge in [-0.3, -0.25) is 9.74 Å². The second-order valence-corrected chi connectivity index (χ2v) is 8.01. The maximum Gasteiger partial charge on any atom is 0.140 e. The van der Waals surface area contributed by atoms with E-state index in [9.17, 15) is 15.0 Å². The Bertz CT molecular complexity index is 906. The molecule has 0 aliphatic carbocycles. The summed E-state index contributed by atoms with van der Waals surface area (Å²) < 4.78 is 0. The summed E-state index contributed by atoms with van der Waals surface area (Å²) >= 11 is 0. The molecule has 0 unspecified atom stereocenters. The Hall–Kier alpha value is -2.53. The largest absolute Gasteiger partial charge is 0.394 e. The lowest BCUT2D eigenvalue weighted by molar-refractivity contribution is -0.177. The summed E-state index contributed by atoms with van der Waals surface area (Å²) in [6.07, 6.45) is -0.583. The number of rotatable bonds is 8. The van der Waals surface area contributed by atoms with Crippen LogP contribution in [0.3, 0.4) is 0 Å². The average Bonchev–Trinajstić information content (AvgIpc) is 3.12. The molecular formula is C25H30N2O4. The van der Waals surface area contributed by atoms with E-state index in [-0.39, 0.29) is 6.61 Å². The quantitative estimate of drug-likeness (QED) is 0.500. The Morgan fingerprint density at radius 1 is 1.19 bits per heavy atom. The Labute approximate surface area is 184 Å². The highest BCUT2D eigenvalue weighted by Gasteiger charge is 2.45. The van der Waals surface area contributed by atoms with E-state index in [4.69, 9.17) is 4.84 Å². The standard InChI is InChI=1S/C25H30N2O4/c1-19(30)25-23(17-28)27(31-24(25)18-29)16-22-11-6-10-20(14-22)12-7-13-26(2)15-21-8-4-3-5-9-21/h3-6,8-11,14,17,19,23-25,29-30H,13,15-16,18H2,1-2H3/t19-,23+,24-,25-/m1/s1. The van der Waals surface area contributed by atoms with Crippen molar-refractivity contribution in [3.8, 4) is 11.8 Å². The van der Waals surface area contributed by atoms with E-state index in [2.05, 4.69) is 28.9 Å². The molecule has 0 saturated carbocycles. The van der Waals surface area contributed by atoms with E-state index < -0.39 is 24.2 Å². The number of aldehydes is 1. The summed E-state index contributed by atoms with van der Waals surface area (Å²) in [6, 6.07) is 17.5. The normalized spacial score (nSPS) is 22.2. The zero-order valence-electron chi connectivity index (χ0n) is 18.0. The topological polar surface area (TPSA) is 73.2 Å². The van der Waals surface area contributed by atoms with Crippen molar-refractivity contribution in [3.63, 3.8) is 0 Å². The van der Waals surface area contributed by atoms with Crippen molar-refractivity contribution in [2.45, 2.75) is 38.3 Å². The van der Waals surface area contributed by atoms with Crippen LogP contribution in [0.1, 0.15) is 23.6 Å². The van der Waals surface area contributed by atoms with Gasteiger partial charge in [-0.05, 0) is 37.2 Å². The lowest BCUT2D eigenvalue weighted by Gasteiger charge is -2.22. The van der Waals surface area contributed by atoms with E-state index in [1.54, 1.807) is 12.0 Å². The molecule has 1 aliphatic rings. The summed E-state index contributed by atoms with van der Waals surface area (Å²) in [5.41, 5.74) is 3.08. The first-order valence-electron chi connectivity index (χ1n) is 10.5. The molecule has 0 aromatic heterocycles. The minimum absolute atomic E-state index is 0.252. The number of carbonyl (C=O) groups is 1. The number of aliphatic hydroxyl groups is 2. The molecule has 6 nitrogen and oxygen atoms in total. The number of hydroxylamine groups is 2. The zero-order valence-corrected chi connectivity index (χ0v) is 18.0. The summed E-state index contributed by atoms with van der Waals surface area (Å²) in [6.45, 7) is 3.22. The van der Waals surface area contributed by atoms with Crippen LogP contribution in [0.25, 0.3) is 0 Å². The van der Waals surface area contributed by atoms with Crippen LogP contribution in [0.15, 0.2) is 54.6 Å². The molecule has 4 atom stereocenters. The smallest absolute Gasteiger partial charge is 0.140 e. The summed E-state index contributed by atoms with van der Waals surface area (Å²) in [7, 11) is 2.04. The molecule has 0 radical (unpaired) electrons. The van der Waals surface area contributed by atoms with Gasteiger partial charge in [0, 0.05) is 24.6 Å². The number of hydrogen-bond donors (Lipinski definition) is 2. The van der Waals surface area contributed by atoms with E-state index in [1.165, 1.54) is 5.56 Å². The van der Waals surface area contributed by atoms with Gasteiger partial charge in [0.25, 0.3) is 0 Å². The van der Waals surface area contributed by atoms with Gasteiger partial charge in [-0.1, -0.05) is 54.3 Å². The van der Waals surface area contributed by atoms with E-state index >= 15 is 0 Å². The molecule has 1 fully saturated rings. The fourth-order valence-electron chi connectivity index (χ4n) is 3.93. The maximum atomic E-state index is 11.6. The van der Waals surface area contributed by atoms with E-state index in [0.717, 1.165) is 24.0 Å². The molecule has 2 aromatic carbocycles. The molecule has 1 saturated heterocycles. The van der Waals surface area contributed by atoms with E-state index in [0.29, 0.717) is 13.1 Å². The Morgan fingerprint density at radius 2 is 1.94 bits per heavy atom. The Morgan fingerprint density at radius 3 is 2.61 bits per heavy atom. The van der Waals surface area contributed by atoms with Crippen LogP contribution in [0.5, 0.6) is 0 Å².